The number of nitrogens with zero attached hydrogens (tertiary/aromatic N) is 2. The fraction of sp³-hybridized carbons (Fsp3) is 0.583. The summed E-state index contributed by atoms with van der Waals surface area (Å²) >= 11 is 0. The number of aromatic nitrogens is 1. The fourth-order valence-electron chi connectivity index (χ4n) is 1.91. The van der Waals surface area contributed by atoms with Gasteiger partial charge in [-0.3, -0.25) is 0 Å². The summed E-state index contributed by atoms with van der Waals surface area (Å²) in [4.78, 5) is 6.78. The van der Waals surface area contributed by atoms with Crippen LogP contribution in [0.25, 0.3) is 0 Å². The number of nitrogens with two attached hydrogens (primary N) is 1. The van der Waals surface area contributed by atoms with Gasteiger partial charge in [-0.05, 0) is 25.5 Å². The number of ether oxygens (including phenoxy) is 1. The lowest BCUT2D eigenvalue weighted by molar-refractivity contribution is 0.0381. The Kier molecular flexibility index (Phi) is 3.29. The third-order valence-electron chi connectivity index (χ3n) is 3.03. The Hall–Kier alpha value is -1.29. The predicted molar refractivity (Wildman–Crippen MR) is 65.6 cm³/mol. The van der Waals surface area contributed by atoms with Gasteiger partial charge in [-0.15, -0.1) is 0 Å². The fourth-order valence-corrected chi connectivity index (χ4v) is 1.91. The average Bonchev–Trinajstić information content (AvgIpc) is 2.33. The molecule has 1 atom stereocenters. The van der Waals surface area contributed by atoms with Crippen LogP contribution in [0.4, 0.5) is 11.5 Å². The Bertz CT molecular complexity index is 367. The number of nitrogen functional groups attached to an aromatic ring is 1. The molecule has 0 aromatic carbocycles. The van der Waals surface area contributed by atoms with Crippen LogP contribution in [0.15, 0.2) is 12.1 Å². The van der Waals surface area contributed by atoms with Crippen LogP contribution in [0.5, 0.6) is 0 Å². The van der Waals surface area contributed by atoms with Crippen LogP contribution >= 0.6 is 0 Å². The largest absolute Gasteiger partial charge is 0.397 e. The van der Waals surface area contributed by atoms with Crippen molar-refractivity contribution in [3.05, 3.63) is 17.8 Å². The summed E-state index contributed by atoms with van der Waals surface area (Å²) in [5.41, 5.74) is 7.42. The van der Waals surface area contributed by atoms with Crippen molar-refractivity contribution in [3.8, 4) is 0 Å². The molecule has 4 nitrogen and oxygen atoms in total. The highest BCUT2D eigenvalue weighted by molar-refractivity contribution is 5.50. The van der Waals surface area contributed by atoms with Crippen molar-refractivity contribution in [1.29, 1.82) is 0 Å². The van der Waals surface area contributed by atoms with E-state index in [1.807, 2.05) is 19.1 Å². The van der Waals surface area contributed by atoms with E-state index in [0.717, 1.165) is 43.3 Å². The molecule has 1 fully saturated rings. The summed E-state index contributed by atoms with van der Waals surface area (Å²) in [5.74, 6) is 1.01. The van der Waals surface area contributed by atoms with Gasteiger partial charge in [0, 0.05) is 13.1 Å². The second-order valence-electron chi connectivity index (χ2n) is 4.19. The molecule has 0 spiro atoms. The van der Waals surface area contributed by atoms with E-state index >= 15 is 0 Å². The topological polar surface area (TPSA) is 51.4 Å². The maximum absolute atomic E-state index is 5.77. The molecule has 0 radical (unpaired) electrons. The van der Waals surface area contributed by atoms with Crippen molar-refractivity contribution in [2.45, 2.75) is 26.4 Å². The van der Waals surface area contributed by atoms with E-state index in [-0.39, 0.29) is 0 Å². The van der Waals surface area contributed by atoms with Gasteiger partial charge in [0.25, 0.3) is 0 Å². The maximum Gasteiger partial charge on any atom is 0.129 e. The van der Waals surface area contributed by atoms with Crippen molar-refractivity contribution in [2.24, 2.45) is 0 Å². The average molecular weight is 221 g/mol. The third kappa shape index (κ3) is 2.27. The number of hydrogen-bond donors (Lipinski definition) is 1. The van der Waals surface area contributed by atoms with Crippen LogP contribution in [0.1, 0.15) is 19.0 Å². The van der Waals surface area contributed by atoms with E-state index in [0.29, 0.717) is 6.10 Å². The van der Waals surface area contributed by atoms with E-state index in [2.05, 4.69) is 16.8 Å². The second-order valence-corrected chi connectivity index (χ2v) is 4.19. The highest BCUT2D eigenvalue weighted by Crippen LogP contribution is 2.19. The number of hydrogen-bond acceptors (Lipinski definition) is 4. The molecule has 1 saturated heterocycles. The zero-order chi connectivity index (χ0) is 11.5. The minimum Gasteiger partial charge on any atom is -0.397 e. The lowest BCUT2D eigenvalue weighted by Crippen LogP contribution is -2.42. The van der Waals surface area contributed by atoms with E-state index in [9.17, 15) is 0 Å². The first-order valence-corrected chi connectivity index (χ1v) is 5.80. The summed E-state index contributed by atoms with van der Waals surface area (Å²) in [5, 5.41) is 0. The van der Waals surface area contributed by atoms with Crippen molar-refractivity contribution >= 4 is 11.5 Å². The number of aryl methyl sites for hydroxylation is 1. The van der Waals surface area contributed by atoms with Crippen LogP contribution in [-0.2, 0) is 4.74 Å². The molecule has 2 heterocycles. The molecule has 1 unspecified atom stereocenters. The Labute approximate surface area is 96.4 Å². The monoisotopic (exact) mass is 221 g/mol. The highest BCUT2D eigenvalue weighted by Gasteiger charge is 2.20. The van der Waals surface area contributed by atoms with Gasteiger partial charge in [-0.25, -0.2) is 4.98 Å². The van der Waals surface area contributed by atoms with Gasteiger partial charge >= 0.3 is 0 Å². The molecule has 1 aromatic heterocycles. The molecular weight excluding hydrogens is 202 g/mol. The molecule has 16 heavy (non-hydrogen) atoms. The Morgan fingerprint density at radius 1 is 1.56 bits per heavy atom. The van der Waals surface area contributed by atoms with Gasteiger partial charge in [0.1, 0.15) is 5.82 Å². The zero-order valence-corrected chi connectivity index (χ0v) is 9.94. The first-order valence-electron chi connectivity index (χ1n) is 5.80. The molecule has 1 aliphatic heterocycles. The Balaban J connectivity index is 2.13. The smallest absolute Gasteiger partial charge is 0.129 e. The van der Waals surface area contributed by atoms with Crippen LogP contribution in [0.2, 0.25) is 0 Å². The van der Waals surface area contributed by atoms with Crippen LogP contribution < -0.4 is 10.6 Å². The molecule has 88 valence electrons. The van der Waals surface area contributed by atoms with Crippen LogP contribution in [-0.4, -0.2) is 30.8 Å². The van der Waals surface area contributed by atoms with E-state index < -0.39 is 0 Å². The van der Waals surface area contributed by atoms with Gasteiger partial charge in [-0.2, -0.15) is 0 Å². The summed E-state index contributed by atoms with van der Waals surface area (Å²) in [6, 6.07) is 3.91. The predicted octanol–water partition coefficient (Wildman–Crippen LogP) is 1.59. The first-order chi connectivity index (χ1) is 7.70. The maximum atomic E-state index is 5.77. The van der Waals surface area contributed by atoms with Crippen molar-refractivity contribution < 1.29 is 4.74 Å². The standard InChI is InChI=1S/C12H19N3O/c1-3-10-8-15(6-7-16-10)12-5-4-11(13)9(2)14-12/h4-5,10H,3,6-8,13H2,1-2H3. The van der Waals surface area contributed by atoms with Crippen LogP contribution in [0.3, 0.4) is 0 Å². The minimum absolute atomic E-state index is 0.327. The van der Waals surface area contributed by atoms with Gasteiger partial charge in [0.2, 0.25) is 0 Å². The quantitative estimate of drug-likeness (QED) is 0.824. The van der Waals surface area contributed by atoms with Gasteiger partial charge in [-0.1, -0.05) is 6.92 Å². The van der Waals surface area contributed by atoms with Gasteiger partial charge < -0.3 is 15.4 Å². The molecule has 2 rings (SSSR count). The molecule has 0 amide bonds. The molecule has 0 aliphatic carbocycles. The highest BCUT2D eigenvalue weighted by atomic mass is 16.5. The molecular formula is C12H19N3O. The molecule has 4 heteroatoms. The summed E-state index contributed by atoms with van der Waals surface area (Å²) in [6.45, 7) is 6.70. The molecule has 2 N–H and O–H groups in total. The Morgan fingerprint density at radius 3 is 3.06 bits per heavy atom. The molecule has 1 aliphatic rings. The second kappa shape index (κ2) is 4.70. The van der Waals surface area contributed by atoms with Gasteiger partial charge in [0.15, 0.2) is 0 Å². The summed E-state index contributed by atoms with van der Waals surface area (Å²) in [6.07, 6.45) is 1.37. The number of morpholine rings is 1. The lowest BCUT2D eigenvalue weighted by atomic mass is 10.2. The molecule has 1 aromatic rings. The van der Waals surface area contributed by atoms with Gasteiger partial charge in [0.05, 0.1) is 24.1 Å². The van der Waals surface area contributed by atoms with Crippen molar-refractivity contribution in [1.82, 2.24) is 4.98 Å². The molecule has 0 bridgehead atoms. The van der Waals surface area contributed by atoms with Crippen molar-refractivity contribution in [3.63, 3.8) is 0 Å². The SMILES string of the molecule is CCC1CN(c2ccc(N)c(C)n2)CCO1. The van der Waals surface area contributed by atoms with E-state index in [1.165, 1.54) is 0 Å². The normalized spacial score (nSPS) is 21.1. The molecule has 0 saturated carbocycles. The number of rotatable bonds is 2. The van der Waals surface area contributed by atoms with Crippen molar-refractivity contribution in [2.75, 3.05) is 30.3 Å². The summed E-state index contributed by atoms with van der Waals surface area (Å²) in [7, 11) is 0. The zero-order valence-electron chi connectivity index (χ0n) is 9.94. The number of pyridine rings is 1. The van der Waals surface area contributed by atoms with Crippen LogP contribution in [0, 0.1) is 6.92 Å². The van der Waals surface area contributed by atoms with E-state index in [4.69, 9.17) is 10.5 Å². The lowest BCUT2D eigenvalue weighted by Gasteiger charge is -2.33. The summed E-state index contributed by atoms with van der Waals surface area (Å²) < 4.78 is 5.64. The minimum atomic E-state index is 0.327. The Morgan fingerprint density at radius 2 is 2.38 bits per heavy atom. The first kappa shape index (κ1) is 11.2. The number of anilines is 2. The third-order valence-corrected chi connectivity index (χ3v) is 3.03. The van der Waals surface area contributed by atoms with E-state index in [1.54, 1.807) is 0 Å².